The number of ether oxygens (including phenoxy) is 1. The van der Waals surface area contributed by atoms with Crippen LogP contribution in [-0.2, 0) is 30.8 Å². The molecule has 42 heavy (non-hydrogen) atoms. The van der Waals surface area contributed by atoms with Crippen LogP contribution in [0.15, 0.2) is 73.9 Å². The molecule has 0 bridgehead atoms. The minimum atomic E-state index is -4.52. The van der Waals surface area contributed by atoms with E-state index < -0.39 is 41.5 Å². The van der Waals surface area contributed by atoms with Crippen molar-refractivity contribution in [3.63, 3.8) is 0 Å². The van der Waals surface area contributed by atoms with Gasteiger partial charge in [0.25, 0.3) is 20.2 Å². The molecule has 3 aromatic rings. The molecule has 18 heteroatoms. The van der Waals surface area contributed by atoms with Gasteiger partial charge in [0.05, 0.1) is 23.7 Å². The van der Waals surface area contributed by atoms with Crippen LogP contribution in [0, 0.1) is 20.8 Å². The molecular weight excluding hydrogens is 614 g/mol. The predicted octanol–water partition coefficient (Wildman–Crippen LogP) is 4.92. The first kappa shape index (κ1) is 34.1. The first-order valence-electron chi connectivity index (χ1n) is 11.7. The number of hydrogen-bond acceptors (Lipinski definition) is 13. The van der Waals surface area contributed by atoms with Crippen molar-refractivity contribution in [2.24, 2.45) is 20.5 Å². The molecule has 0 heterocycles. The monoisotopic (exact) mass is 641 g/mol. The second-order valence-corrected chi connectivity index (χ2v) is 12.0. The Morgan fingerprint density at radius 2 is 1.26 bits per heavy atom. The molecule has 0 saturated carbocycles. The molecule has 15 nitrogen and oxygen atoms in total. The number of rotatable bonds is 10. The van der Waals surface area contributed by atoms with E-state index >= 15 is 0 Å². The molecule has 226 valence electrons. The summed E-state index contributed by atoms with van der Waals surface area (Å²) in [5.41, 5.74) is 9.97. The van der Waals surface area contributed by atoms with Crippen LogP contribution in [0.2, 0.25) is 0 Å². The molecule has 0 aliphatic carbocycles. The number of anilines is 1. The molecule has 0 unspecified atom stereocenters. The first-order chi connectivity index (χ1) is 19.5. The summed E-state index contributed by atoms with van der Waals surface area (Å²) in [6.07, 6.45) is 0.0120. The van der Waals surface area contributed by atoms with Crippen LogP contribution in [0.1, 0.15) is 23.1 Å². The van der Waals surface area contributed by atoms with Gasteiger partial charge in [0.2, 0.25) is 0 Å². The van der Waals surface area contributed by atoms with Gasteiger partial charge in [0.1, 0.15) is 22.0 Å². The number of aryl methyl sites for hydroxylation is 3. The highest BCUT2D eigenvalue weighted by atomic mass is 32.2. The lowest BCUT2D eigenvalue weighted by Crippen LogP contribution is -2.08. The molecule has 3 aromatic carbocycles. The quantitative estimate of drug-likeness (QED) is 0.116. The van der Waals surface area contributed by atoms with Gasteiger partial charge in [-0.3, -0.25) is 9.11 Å². The Morgan fingerprint density at radius 1 is 0.762 bits per heavy atom. The summed E-state index contributed by atoms with van der Waals surface area (Å²) < 4.78 is 94.8. The van der Waals surface area contributed by atoms with Gasteiger partial charge >= 0.3 is 10.6 Å². The fraction of sp³-hybridized carbons (Fsp3) is 0.250. The maximum absolute atomic E-state index is 11.6. The van der Waals surface area contributed by atoms with Crippen LogP contribution < -0.4 is 10.5 Å². The molecule has 0 spiro atoms. The summed E-state index contributed by atoms with van der Waals surface area (Å²) in [6, 6.07) is 12.3. The smallest absolute Gasteiger partial charge is 0.425 e. The van der Waals surface area contributed by atoms with Gasteiger partial charge in [-0.15, -0.1) is 22.9 Å². The number of hydrogen-bond donors (Lipinski definition) is 3. The second-order valence-electron chi connectivity index (χ2n) is 8.64. The summed E-state index contributed by atoms with van der Waals surface area (Å²) in [5, 5.41) is 16.7. The van der Waals surface area contributed by atoms with Crippen molar-refractivity contribution >= 4 is 59.3 Å². The highest BCUT2D eigenvalue weighted by Crippen LogP contribution is 2.38. The molecule has 0 saturated heterocycles. The largest absolute Gasteiger partial charge is 0.491 e. The zero-order chi connectivity index (χ0) is 31.7. The van der Waals surface area contributed by atoms with E-state index in [2.05, 4.69) is 20.5 Å². The zero-order valence-electron chi connectivity index (χ0n) is 22.5. The number of benzene rings is 3. The van der Waals surface area contributed by atoms with Gasteiger partial charge < -0.3 is 10.5 Å². The standard InChI is InChI=1S/C24H27N5O7S2.O3S/c1-15-12-20(16(2)11-18(15)25)27-29-22-13-17(3)21(14-23(22)36-9-6-10-37(30,31)32)28-26-19-7-4-5-8-24(19)38(33,34)35;1-4(2)3/h4-5,7-8,11-14H,6,9-10,25H2,1-3H3,(H,30,31,32)(H,33,34,35);. The van der Waals surface area contributed by atoms with Gasteiger partial charge in [-0.1, -0.05) is 12.1 Å². The van der Waals surface area contributed by atoms with E-state index in [1.165, 1.54) is 24.3 Å². The van der Waals surface area contributed by atoms with Crippen LogP contribution in [0.3, 0.4) is 0 Å². The summed E-state index contributed by atoms with van der Waals surface area (Å²) in [7, 11) is -11.8. The molecule has 4 N–H and O–H groups in total. The number of azo groups is 2. The molecule has 0 radical (unpaired) electrons. The van der Waals surface area contributed by atoms with E-state index in [9.17, 15) is 21.4 Å². The van der Waals surface area contributed by atoms with Gasteiger partial charge in [-0.2, -0.15) is 27.1 Å². The number of nitrogens with two attached hydrogens (primary N) is 1. The third-order valence-electron chi connectivity index (χ3n) is 5.34. The summed E-state index contributed by atoms with van der Waals surface area (Å²) in [4.78, 5) is -0.400. The van der Waals surface area contributed by atoms with Crippen molar-refractivity contribution in [3.8, 4) is 5.75 Å². The molecule has 0 atom stereocenters. The van der Waals surface area contributed by atoms with Gasteiger partial charge in [0.15, 0.2) is 0 Å². The Balaban J connectivity index is 0.00000144. The van der Waals surface area contributed by atoms with Crippen LogP contribution in [0.4, 0.5) is 28.4 Å². The molecule has 0 amide bonds. The van der Waals surface area contributed by atoms with Crippen molar-refractivity contribution in [1.29, 1.82) is 0 Å². The first-order valence-corrected chi connectivity index (χ1v) is 15.8. The highest BCUT2D eigenvalue weighted by Gasteiger charge is 2.15. The van der Waals surface area contributed by atoms with Crippen molar-refractivity contribution in [2.45, 2.75) is 32.1 Å². The highest BCUT2D eigenvalue weighted by molar-refractivity contribution is 7.86. The normalized spacial score (nSPS) is 11.8. The Morgan fingerprint density at radius 3 is 1.86 bits per heavy atom. The average Bonchev–Trinajstić information content (AvgIpc) is 2.86. The van der Waals surface area contributed by atoms with Gasteiger partial charge in [0, 0.05) is 11.8 Å². The van der Waals surface area contributed by atoms with Crippen molar-refractivity contribution in [3.05, 3.63) is 65.2 Å². The van der Waals surface area contributed by atoms with E-state index in [-0.39, 0.29) is 24.5 Å². The third-order valence-corrected chi connectivity index (χ3v) is 7.05. The van der Waals surface area contributed by atoms with Crippen molar-refractivity contribution in [1.82, 2.24) is 0 Å². The van der Waals surface area contributed by atoms with Crippen molar-refractivity contribution in [2.75, 3.05) is 18.1 Å². The summed E-state index contributed by atoms with van der Waals surface area (Å²) in [5.74, 6) is -0.282. The lowest BCUT2D eigenvalue weighted by Gasteiger charge is -2.11. The fourth-order valence-corrected chi connectivity index (χ4v) is 4.40. The van der Waals surface area contributed by atoms with Crippen LogP contribution >= 0.6 is 0 Å². The molecule has 0 fully saturated rings. The third kappa shape index (κ3) is 11.1. The molecule has 0 aromatic heterocycles. The molecule has 0 aliphatic rings. The van der Waals surface area contributed by atoms with Crippen molar-refractivity contribution < 1.29 is 43.3 Å². The minimum absolute atomic E-state index is 0.0120. The Labute approximate surface area is 243 Å². The predicted molar refractivity (Wildman–Crippen MR) is 152 cm³/mol. The fourth-order valence-electron chi connectivity index (χ4n) is 3.29. The molecule has 0 aliphatic heterocycles. The van der Waals surface area contributed by atoms with E-state index in [4.69, 9.17) is 27.6 Å². The van der Waals surface area contributed by atoms with E-state index in [1.807, 2.05) is 13.8 Å². The minimum Gasteiger partial charge on any atom is -0.491 e. The molecule has 3 rings (SSSR count). The summed E-state index contributed by atoms with van der Waals surface area (Å²) >= 11 is 0. The maximum atomic E-state index is 11.6. The van der Waals surface area contributed by atoms with E-state index in [0.717, 1.165) is 11.1 Å². The van der Waals surface area contributed by atoms with Crippen LogP contribution in [-0.4, -0.2) is 50.9 Å². The molecular formula is C24H27N5O10S3. The topological polar surface area (TPSA) is 245 Å². The maximum Gasteiger partial charge on any atom is 0.425 e. The summed E-state index contributed by atoms with van der Waals surface area (Å²) in [6.45, 7) is 5.36. The van der Waals surface area contributed by atoms with Crippen LogP contribution in [0.5, 0.6) is 5.75 Å². The Hall–Kier alpha value is -4.10. The zero-order valence-corrected chi connectivity index (χ0v) is 24.9. The SMILES string of the molecule is Cc1cc(N=Nc2cc(C)c(N=Nc3ccccc3S(=O)(=O)O)cc2OCCCS(=O)(=O)O)c(C)cc1N.O=S(=O)=O. The number of nitrogen functional groups attached to an aromatic ring is 1. The average molecular weight is 642 g/mol. The van der Waals surface area contributed by atoms with E-state index in [1.54, 1.807) is 31.2 Å². The Bertz CT molecular complexity index is 1840. The van der Waals surface area contributed by atoms with E-state index in [0.29, 0.717) is 28.3 Å². The number of nitrogens with zero attached hydrogens (tertiary/aromatic N) is 4. The second kappa shape index (κ2) is 14.7. The van der Waals surface area contributed by atoms with Crippen LogP contribution in [0.25, 0.3) is 0 Å². The van der Waals surface area contributed by atoms with Gasteiger partial charge in [-0.05, 0) is 74.2 Å². The Kier molecular flexibility index (Phi) is 11.9. The lowest BCUT2D eigenvalue weighted by molar-refractivity contribution is 0.317. The van der Waals surface area contributed by atoms with Gasteiger partial charge in [-0.25, -0.2) is 0 Å². The lowest BCUT2D eigenvalue weighted by atomic mass is 10.1.